The number of halogens is 2. The predicted molar refractivity (Wildman–Crippen MR) is 123 cm³/mol. The molecule has 3 N–H and O–H groups in total. The number of anilines is 2. The Morgan fingerprint density at radius 3 is 2.57 bits per heavy atom. The fourth-order valence-electron chi connectivity index (χ4n) is 2.88. The van der Waals surface area contributed by atoms with Gasteiger partial charge in [-0.1, -0.05) is 29.5 Å². The van der Waals surface area contributed by atoms with Crippen LogP contribution < -0.4 is 11.2 Å². The van der Waals surface area contributed by atoms with E-state index >= 15 is 0 Å². The van der Waals surface area contributed by atoms with Gasteiger partial charge in [0, 0.05) is 20.7 Å². The summed E-state index contributed by atoms with van der Waals surface area (Å²) in [5.74, 6) is 4.09. The van der Waals surface area contributed by atoms with Crippen molar-refractivity contribution in [2.45, 2.75) is 0 Å². The highest BCUT2D eigenvalue weighted by Crippen LogP contribution is 2.37. The van der Waals surface area contributed by atoms with E-state index in [0.717, 1.165) is 3.57 Å². The zero-order valence-corrected chi connectivity index (χ0v) is 18.3. The SMILES string of the molecule is NN(C(=O)c1ccccc1)C(=O)c1c(Nc2ccc(I)cc2F)sc2ncccc12. The summed E-state index contributed by atoms with van der Waals surface area (Å²) >= 11 is 3.19. The number of nitrogens with one attached hydrogen (secondary N) is 1. The van der Waals surface area contributed by atoms with Gasteiger partial charge < -0.3 is 5.32 Å². The zero-order chi connectivity index (χ0) is 21.3. The third kappa shape index (κ3) is 3.91. The molecule has 2 aromatic carbocycles. The molecule has 0 aliphatic heterocycles. The van der Waals surface area contributed by atoms with Gasteiger partial charge in [-0.3, -0.25) is 9.59 Å². The number of hydrazine groups is 1. The van der Waals surface area contributed by atoms with Crippen molar-refractivity contribution >= 4 is 66.6 Å². The molecule has 0 atom stereocenters. The lowest BCUT2D eigenvalue weighted by molar-refractivity contribution is 0.0617. The molecule has 6 nitrogen and oxygen atoms in total. The summed E-state index contributed by atoms with van der Waals surface area (Å²) in [5, 5.41) is 4.40. The lowest BCUT2D eigenvalue weighted by atomic mass is 10.1. The molecule has 0 unspecified atom stereocenters. The van der Waals surface area contributed by atoms with Crippen LogP contribution in [0.4, 0.5) is 15.1 Å². The third-order valence-corrected chi connectivity index (χ3v) is 6.02. The highest BCUT2D eigenvalue weighted by molar-refractivity contribution is 14.1. The standard InChI is InChI=1S/C21H14FIN4O2S/c22-15-11-13(23)8-9-16(15)26-19-17(14-7-4-10-25-18(14)30-19)21(29)27(24)20(28)12-5-2-1-3-6-12/h1-11,26H,24H2. The van der Waals surface area contributed by atoms with E-state index in [1.165, 1.54) is 17.4 Å². The minimum atomic E-state index is -0.712. The average molecular weight is 532 g/mol. The molecule has 0 radical (unpaired) electrons. The second-order valence-electron chi connectivity index (χ2n) is 6.26. The van der Waals surface area contributed by atoms with Gasteiger partial charge in [-0.2, -0.15) is 0 Å². The topological polar surface area (TPSA) is 88.3 Å². The Balaban J connectivity index is 1.76. The van der Waals surface area contributed by atoms with E-state index in [2.05, 4.69) is 10.3 Å². The highest BCUT2D eigenvalue weighted by atomic mass is 127. The number of imide groups is 1. The largest absolute Gasteiger partial charge is 0.344 e. The van der Waals surface area contributed by atoms with Crippen molar-refractivity contribution in [3.8, 4) is 0 Å². The molecule has 2 aromatic heterocycles. The van der Waals surface area contributed by atoms with E-state index in [-0.39, 0.29) is 16.8 Å². The lowest BCUT2D eigenvalue weighted by Crippen LogP contribution is -2.42. The summed E-state index contributed by atoms with van der Waals surface area (Å²) in [5.41, 5.74) is 0.644. The van der Waals surface area contributed by atoms with Crippen molar-refractivity contribution in [2.75, 3.05) is 5.32 Å². The normalized spacial score (nSPS) is 10.8. The molecular weight excluding hydrogens is 518 g/mol. The maximum atomic E-state index is 14.4. The summed E-state index contributed by atoms with van der Waals surface area (Å²) in [6.07, 6.45) is 1.59. The fraction of sp³-hybridized carbons (Fsp3) is 0. The van der Waals surface area contributed by atoms with E-state index < -0.39 is 17.6 Å². The maximum absolute atomic E-state index is 14.4. The molecule has 0 fully saturated rings. The molecule has 0 spiro atoms. The van der Waals surface area contributed by atoms with Crippen LogP contribution in [0.2, 0.25) is 0 Å². The number of rotatable bonds is 4. The average Bonchev–Trinajstić information content (AvgIpc) is 3.12. The van der Waals surface area contributed by atoms with Gasteiger partial charge in [0.1, 0.15) is 15.6 Å². The first kappa shape index (κ1) is 20.4. The molecule has 0 saturated carbocycles. The molecule has 2 amide bonds. The third-order valence-electron chi connectivity index (χ3n) is 4.32. The summed E-state index contributed by atoms with van der Waals surface area (Å²) < 4.78 is 15.1. The minimum absolute atomic E-state index is 0.160. The summed E-state index contributed by atoms with van der Waals surface area (Å²) in [7, 11) is 0. The zero-order valence-electron chi connectivity index (χ0n) is 15.3. The Kier molecular flexibility index (Phi) is 5.75. The molecule has 150 valence electrons. The van der Waals surface area contributed by atoms with E-state index in [0.29, 0.717) is 20.2 Å². The van der Waals surface area contributed by atoms with E-state index in [1.807, 2.05) is 22.6 Å². The van der Waals surface area contributed by atoms with Gasteiger partial charge >= 0.3 is 0 Å². The molecule has 4 rings (SSSR count). The number of amides is 2. The Morgan fingerprint density at radius 2 is 1.83 bits per heavy atom. The number of carbonyl (C=O) groups excluding carboxylic acids is 2. The summed E-state index contributed by atoms with van der Waals surface area (Å²) in [6.45, 7) is 0. The van der Waals surface area contributed by atoms with Gasteiger partial charge in [0.2, 0.25) is 0 Å². The van der Waals surface area contributed by atoms with Gasteiger partial charge in [0.15, 0.2) is 0 Å². The molecule has 9 heteroatoms. The number of nitrogens with zero attached hydrogens (tertiary/aromatic N) is 2. The van der Waals surface area contributed by atoms with Crippen molar-refractivity contribution in [1.82, 2.24) is 9.99 Å². The van der Waals surface area contributed by atoms with Crippen LogP contribution >= 0.6 is 33.9 Å². The maximum Gasteiger partial charge on any atom is 0.278 e. The van der Waals surface area contributed by atoms with Crippen LogP contribution in [0.25, 0.3) is 10.2 Å². The van der Waals surface area contributed by atoms with Crippen LogP contribution in [0, 0.1) is 9.39 Å². The number of benzene rings is 2. The van der Waals surface area contributed by atoms with Crippen LogP contribution in [-0.2, 0) is 0 Å². The number of aromatic nitrogens is 1. The molecule has 2 heterocycles. The lowest BCUT2D eigenvalue weighted by Gasteiger charge is -2.16. The summed E-state index contributed by atoms with van der Waals surface area (Å²) in [4.78, 5) is 30.7. The molecule has 0 aliphatic carbocycles. The van der Waals surface area contributed by atoms with Gasteiger partial charge in [0.05, 0.1) is 11.3 Å². The number of nitrogens with two attached hydrogens (primary N) is 1. The van der Waals surface area contributed by atoms with Gasteiger partial charge in [0.25, 0.3) is 11.8 Å². The number of thiophene rings is 1. The van der Waals surface area contributed by atoms with Crippen molar-refractivity contribution in [1.29, 1.82) is 0 Å². The first-order valence-corrected chi connectivity index (χ1v) is 10.6. The molecule has 30 heavy (non-hydrogen) atoms. The van der Waals surface area contributed by atoms with Crippen molar-refractivity contribution in [2.24, 2.45) is 5.84 Å². The van der Waals surface area contributed by atoms with Gasteiger partial charge in [-0.15, -0.1) is 0 Å². The monoisotopic (exact) mass is 532 g/mol. The Hall–Kier alpha value is -2.89. The number of hydrogen-bond acceptors (Lipinski definition) is 6. The quantitative estimate of drug-likeness (QED) is 0.128. The Morgan fingerprint density at radius 1 is 1.07 bits per heavy atom. The van der Waals surface area contributed by atoms with Crippen LogP contribution in [-0.4, -0.2) is 21.8 Å². The van der Waals surface area contributed by atoms with Crippen LogP contribution in [0.5, 0.6) is 0 Å². The smallest absolute Gasteiger partial charge is 0.278 e. The van der Waals surface area contributed by atoms with Gasteiger partial charge in [-0.25, -0.2) is 20.2 Å². The van der Waals surface area contributed by atoms with E-state index in [9.17, 15) is 14.0 Å². The second-order valence-corrected chi connectivity index (χ2v) is 8.50. The molecule has 0 saturated heterocycles. The highest BCUT2D eigenvalue weighted by Gasteiger charge is 2.27. The van der Waals surface area contributed by atoms with Crippen LogP contribution in [0.3, 0.4) is 0 Å². The van der Waals surface area contributed by atoms with Crippen LogP contribution in [0.15, 0.2) is 66.9 Å². The first-order chi connectivity index (χ1) is 14.5. The number of pyridine rings is 1. The number of fused-ring (bicyclic) bond motifs is 1. The first-order valence-electron chi connectivity index (χ1n) is 8.74. The van der Waals surface area contributed by atoms with Crippen LogP contribution in [0.1, 0.15) is 20.7 Å². The van der Waals surface area contributed by atoms with Crippen molar-refractivity contribution in [3.63, 3.8) is 0 Å². The number of carbonyl (C=O) groups is 2. The fourth-order valence-corrected chi connectivity index (χ4v) is 4.38. The van der Waals surface area contributed by atoms with Crippen molar-refractivity contribution < 1.29 is 14.0 Å². The predicted octanol–water partition coefficient (Wildman–Crippen LogP) is 4.94. The van der Waals surface area contributed by atoms with E-state index in [1.54, 1.807) is 60.8 Å². The number of hydrogen-bond donors (Lipinski definition) is 2. The molecular formula is C21H14FIN4O2S. The molecule has 0 bridgehead atoms. The van der Waals surface area contributed by atoms with Crippen molar-refractivity contribution in [3.05, 3.63) is 87.4 Å². The molecule has 4 aromatic rings. The second kappa shape index (κ2) is 8.46. The molecule has 0 aliphatic rings. The van der Waals surface area contributed by atoms with Gasteiger partial charge in [-0.05, 0) is 65.1 Å². The van der Waals surface area contributed by atoms with E-state index in [4.69, 9.17) is 5.84 Å². The Labute approximate surface area is 188 Å². The minimum Gasteiger partial charge on any atom is -0.344 e. The summed E-state index contributed by atoms with van der Waals surface area (Å²) in [6, 6.07) is 16.4. The Bertz CT molecular complexity index is 1260.